The zero-order chi connectivity index (χ0) is 19.3. The van der Waals surface area contributed by atoms with Crippen molar-refractivity contribution in [3.63, 3.8) is 0 Å². The van der Waals surface area contributed by atoms with Crippen molar-refractivity contribution in [1.29, 1.82) is 0 Å². The van der Waals surface area contributed by atoms with E-state index in [4.69, 9.17) is 5.11 Å². The van der Waals surface area contributed by atoms with Crippen LogP contribution in [0.3, 0.4) is 0 Å². The molecule has 1 N–H and O–H groups in total. The van der Waals surface area contributed by atoms with Crippen LogP contribution >= 0.6 is 0 Å². The molecule has 0 aromatic heterocycles. The van der Waals surface area contributed by atoms with Crippen LogP contribution in [0, 0.1) is 0 Å². The van der Waals surface area contributed by atoms with Gasteiger partial charge in [-0.3, -0.25) is 0 Å². The maximum Gasteiger partial charge on any atom is 2.00 e. The Balaban J connectivity index is 0. The van der Waals surface area contributed by atoms with Gasteiger partial charge in [-0.05, 0) is 0 Å². The molecule has 0 saturated heterocycles. The molecule has 0 radical (unpaired) electrons. The zero-order valence-electron chi connectivity index (χ0n) is 10.5. The summed E-state index contributed by atoms with van der Waals surface area (Å²) in [6.45, 7) is 0. The SMILES string of the molecule is [Mg+2].[O-]B([O-])OC(C(F)(F)F)(C(F)(F)F)C(O)(C(F)(F)F)C(F)(F)F. The summed E-state index contributed by atoms with van der Waals surface area (Å²) in [5, 5.41) is 28.2. The van der Waals surface area contributed by atoms with Gasteiger partial charge in [-0.15, -0.1) is 0 Å². The second-order valence-corrected chi connectivity index (χ2v) is 3.79. The van der Waals surface area contributed by atoms with Gasteiger partial charge in [0.15, 0.2) is 0 Å². The number of alkyl halides is 12. The Morgan fingerprint density at radius 1 is 0.625 bits per heavy atom. The first-order valence-corrected chi connectivity index (χ1v) is 4.65. The smallest absolute Gasteiger partial charge is 0.871 e. The summed E-state index contributed by atoms with van der Waals surface area (Å²) in [5.41, 5.74) is -15.3. The number of halogens is 12. The predicted octanol–water partition coefficient (Wildman–Crippen LogP) is 0.0468. The molecule has 0 bridgehead atoms. The van der Waals surface area contributed by atoms with E-state index in [1.165, 1.54) is 0 Å². The summed E-state index contributed by atoms with van der Waals surface area (Å²) in [6, 6.07) is 0. The van der Waals surface area contributed by atoms with Gasteiger partial charge in [0.1, 0.15) is 0 Å². The number of aliphatic hydroxyl groups is 1. The van der Waals surface area contributed by atoms with E-state index in [0.717, 1.165) is 0 Å². The Morgan fingerprint density at radius 3 is 1.00 bits per heavy atom. The number of hydrogen-bond acceptors (Lipinski definition) is 4. The molecule has 0 unspecified atom stereocenters. The van der Waals surface area contributed by atoms with Crippen LogP contribution in [0.2, 0.25) is 0 Å². The van der Waals surface area contributed by atoms with Gasteiger partial charge in [-0.2, -0.15) is 52.7 Å². The number of rotatable bonds is 3. The van der Waals surface area contributed by atoms with E-state index in [1.54, 1.807) is 0 Å². The molecule has 0 saturated carbocycles. The van der Waals surface area contributed by atoms with Crippen molar-refractivity contribution in [2.45, 2.75) is 35.9 Å². The molecule has 24 heavy (non-hydrogen) atoms. The van der Waals surface area contributed by atoms with Crippen molar-refractivity contribution in [3.05, 3.63) is 0 Å². The van der Waals surface area contributed by atoms with Gasteiger partial charge in [-0.1, -0.05) is 0 Å². The maximum atomic E-state index is 12.5. The van der Waals surface area contributed by atoms with Crippen molar-refractivity contribution >= 4 is 30.4 Å². The molecule has 0 aromatic rings. The fourth-order valence-electron chi connectivity index (χ4n) is 1.49. The molecule has 0 heterocycles. The van der Waals surface area contributed by atoms with Crippen molar-refractivity contribution < 1.29 is 72.5 Å². The van der Waals surface area contributed by atoms with Gasteiger partial charge in [0.2, 0.25) is 0 Å². The van der Waals surface area contributed by atoms with Gasteiger partial charge < -0.3 is 19.8 Å². The monoisotopic (exact) mass is 400 g/mol. The molecular weight excluding hydrogens is 399 g/mol. The molecule has 0 aromatic carbocycles. The number of hydrogen-bond donors (Lipinski definition) is 1. The topological polar surface area (TPSA) is 75.6 Å². The van der Waals surface area contributed by atoms with E-state index >= 15 is 0 Å². The van der Waals surface area contributed by atoms with Gasteiger partial charge in [0, 0.05) is 0 Å². The molecule has 0 amide bonds. The normalized spacial score (nSPS) is 15.1. The summed E-state index contributed by atoms with van der Waals surface area (Å²) >= 11 is 0. The molecule has 18 heteroatoms. The summed E-state index contributed by atoms with van der Waals surface area (Å²) in [4.78, 5) is 0. The predicted molar refractivity (Wildman–Crippen MR) is 44.5 cm³/mol. The Bertz CT molecular complexity index is 397. The minimum atomic E-state index is -7.71. The van der Waals surface area contributed by atoms with Crippen molar-refractivity contribution in [3.8, 4) is 0 Å². The van der Waals surface area contributed by atoms with Gasteiger partial charge in [0.05, 0.1) is 7.32 Å². The minimum absolute atomic E-state index is 0. The average Bonchev–Trinajstić information content (AvgIpc) is 2.17. The van der Waals surface area contributed by atoms with E-state index in [9.17, 15) is 62.7 Å². The molecule has 0 fully saturated rings. The van der Waals surface area contributed by atoms with E-state index in [-0.39, 0.29) is 23.1 Å². The molecule has 0 atom stereocenters. The first kappa shape index (κ1) is 26.1. The van der Waals surface area contributed by atoms with Crippen LogP contribution in [-0.4, -0.2) is 71.4 Å². The average molecular weight is 400 g/mol. The van der Waals surface area contributed by atoms with Crippen LogP contribution in [0.4, 0.5) is 52.7 Å². The van der Waals surface area contributed by atoms with E-state index < -0.39 is 43.2 Å². The largest absolute Gasteiger partial charge is 2.00 e. The third-order valence-corrected chi connectivity index (χ3v) is 2.40. The van der Waals surface area contributed by atoms with Crippen LogP contribution in [0.25, 0.3) is 0 Å². The fourth-order valence-corrected chi connectivity index (χ4v) is 1.49. The molecule has 138 valence electrons. The Morgan fingerprint density at radius 2 is 0.875 bits per heavy atom. The molecule has 0 spiro atoms. The zero-order valence-corrected chi connectivity index (χ0v) is 11.9. The van der Waals surface area contributed by atoms with Crippen molar-refractivity contribution in [2.75, 3.05) is 0 Å². The van der Waals surface area contributed by atoms with Crippen LogP contribution in [0.5, 0.6) is 0 Å². The van der Waals surface area contributed by atoms with E-state index in [2.05, 4.69) is 0 Å². The molecule has 0 aliphatic heterocycles. The van der Waals surface area contributed by atoms with Crippen LogP contribution < -0.4 is 10.0 Å². The van der Waals surface area contributed by atoms with E-state index in [0.29, 0.717) is 0 Å². The van der Waals surface area contributed by atoms with Crippen LogP contribution in [0.15, 0.2) is 0 Å². The summed E-state index contributed by atoms with van der Waals surface area (Å²) < 4.78 is 151. The summed E-state index contributed by atoms with van der Waals surface area (Å²) in [7, 11) is -4.91. The quantitative estimate of drug-likeness (QED) is 0.537. The molecule has 4 nitrogen and oxygen atoms in total. The van der Waals surface area contributed by atoms with E-state index in [1.807, 2.05) is 4.65 Å². The second kappa shape index (κ2) is 6.86. The Labute approximate surface area is 139 Å². The first-order chi connectivity index (χ1) is 9.67. The first-order valence-electron chi connectivity index (χ1n) is 4.65. The Kier molecular flexibility index (Phi) is 7.45. The molecule has 0 rings (SSSR count). The van der Waals surface area contributed by atoms with Crippen LogP contribution in [-0.2, 0) is 4.65 Å². The maximum absolute atomic E-state index is 12.5. The molecule has 0 aliphatic carbocycles. The van der Waals surface area contributed by atoms with Crippen molar-refractivity contribution in [2.24, 2.45) is 0 Å². The van der Waals surface area contributed by atoms with Crippen LogP contribution in [0.1, 0.15) is 0 Å². The van der Waals surface area contributed by atoms with Gasteiger partial charge >= 0.3 is 53.4 Å². The van der Waals surface area contributed by atoms with Gasteiger partial charge in [-0.25, -0.2) is 0 Å². The molecule has 0 aliphatic rings. The summed E-state index contributed by atoms with van der Waals surface area (Å²) in [6.07, 6.45) is -30.8. The Hall–Kier alpha value is -0.169. The van der Waals surface area contributed by atoms with Gasteiger partial charge in [0.25, 0.3) is 5.60 Å². The van der Waals surface area contributed by atoms with Crippen molar-refractivity contribution in [1.82, 2.24) is 0 Å². The second-order valence-electron chi connectivity index (χ2n) is 3.79. The molecular formula is C6HBF12MgO4. The third-order valence-electron chi connectivity index (χ3n) is 2.40. The third kappa shape index (κ3) is 3.82. The minimum Gasteiger partial charge on any atom is -0.871 e. The fraction of sp³-hybridized carbons (Fsp3) is 1.00. The summed E-state index contributed by atoms with van der Waals surface area (Å²) in [5.74, 6) is 0. The standard InChI is InChI=1S/C6HBF12O4.Mg/c8-3(9,10)1(20,4(11,12)13)2(5(14,15)16,6(17,18)19)23-7(21)22;/h20H;/q-2;+2.